The predicted molar refractivity (Wildman–Crippen MR) is 104 cm³/mol. The minimum Gasteiger partial charge on any atom is -0.463 e. The van der Waals surface area contributed by atoms with Crippen LogP contribution in [0.2, 0.25) is 5.02 Å². The number of nitrogens with one attached hydrogen (secondary N) is 1. The van der Waals surface area contributed by atoms with Crippen molar-refractivity contribution in [2.24, 2.45) is 10.7 Å². The van der Waals surface area contributed by atoms with Crippen LogP contribution in [-0.4, -0.2) is 42.4 Å². The Bertz CT molecular complexity index is 1000. The van der Waals surface area contributed by atoms with E-state index in [0.29, 0.717) is 5.02 Å². The highest BCUT2D eigenvalue weighted by molar-refractivity contribution is 6.30. The van der Waals surface area contributed by atoms with Gasteiger partial charge in [0.1, 0.15) is 36.4 Å². The maximum Gasteiger partial charge on any atom is 0.411 e. The van der Waals surface area contributed by atoms with Crippen LogP contribution in [0, 0.1) is 5.82 Å². The molecule has 0 radical (unpaired) electrons. The van der Waals surface area contributed by atoms with Crippen LogP contribution in [0.3, 0.4) is 0 Å². The van der Waals surface area contributed by atoms with Gasteiger partial charge in [0.2, 0.25) is 0 Å². The van der Waals surface area contributed by atoms with Gasteiger partial charge >= 0.3 is 6.18 Å². The number of ether oxygens (including phenoxy) is 2. The molecule has 2 heterocycles. The van der Waals surface area contributed by atoms with Crippen LogP contribution in [0.5, 0.6) is 0 Å². The van der Waals surface area contributed by atoms with Crippen LogP contribution in [0.1, 0.15) is 23.0 Å². The van der Waals surface area contributed by atoms with E-state index in [1.807, 2.05) is 0 Å². The number of alkyl halides is 3. The molecule has 0 bridgehead atoms. The van der Waals surface area contributed by atoms with E-state index in [-0.39, 0.29) is 29.6 Å². The largest absolute Gasteiger partial charge is 0.463 e. The molecule has 7 nitrogen and oxygen atoms in total. The highest BCUT2D eigenvalue weighted by Gasteiger charge is 2.44. The van der Waals surface area contributed by atoms with Gasteiger partial charge in [-0.1, -0.05) is 11.6 Å². The lowest BCUT2D eigenvalue weighted by atomic mass is 9.85. The van der Waals surface area contributed by atoms with Gasteiger partial charge in [0.15, 0.2) is 0 Å². The van der Waals surface area contributed by atoms with Crippen molar-refractivity contribution in [3.8, 4) is 0 Å². The van der Waals surface area contributed by atoms with Crippen LogP contribution < -0.4 is 11.1 Å². The summed E-state index contributed by atoms with van der Waals surface area (Å²) in [6.45, 7) is -0.576. The molecule has 0 unspecified atom stereocenters. The van der Waals surface area contributed by atoms with Crippen LogP contribution in [0.15, 0.2) is 41.5 Å². The second kappa shape index (κ2) is 8.67. The number of carbonyl (C=O) groups is 1. The van der Waals surface area contributed by atoms with E-state index in [2.05, 4.69) is 15.3 Å². The second-order valence-corrected chi connectivity index (χ2v) is 7.27. The highest BCUT2D eigenvalue weighted by atomic mass is 35.5. The molecule has 0 spiro atoms. The first-order valence-electron chi connectivity index (χ1n) is 8.87. The molecule has 2 atom stereocenters. The summed E-state index contributed by atoms with van der Waals surface area (Å²) in [4.78, 5) is 20.3. The average Bonchev–Trinajstić information content (AvgIpc) is 2.68. The number of amides is 1. The molecule has 0 aliphatic carbocycles. The van der Waals surface area contributed by atoms with Crippen LogP contribution in [0.4, 0.5) is 23.2 Å². The van der Waals surface area contributed by atoms with Crippen molar-refractivity contribution < 1.29 is 31.8 Å². The van der Waals surface area contributed by atoms with E-state index < -0.39 is 36.2 Å². The fourth-order valence-electron chi connectivity index (χ4n) is 2.99. The van der Waals surface area contributed by atoms with Crippen molar-refractivity contribution >= 4 is 29.2 Å². The lowest BCUT2D eigenvalue weighted by Gasteiger charge is -2.38. The molecule has 1 aliphatic rings. The maximum absolute atomic E-state index is 14.7. The Kier molecular flexibility index (Phi) is 6.37. The number of rotatable bonds is 5. The standard InChI is InChI=1S/C19H17ClF4N4O3/c1-18(15(8-30-17(25)28-18)31-9-19(22,23)24)12-6-11(3-4-13(12)21)27-16(29)14-5-2-10(20)7-26-14/h2-7,15H,8-9H2,1H3,(H2,25,28)(H,27,29)/t15-,18+/m0/s1. The summed E-state index contributed by atoms with van der Waals surface area (Å²) in [5.74, 6) is -1.37. The summed E-state index contributed by atoms with van der Waals surface area (Å²) in [5, 5.41) is 2.88. The Balaban J connectivity index is 1.91. The van der Waals surface area contributed by atoms with E-state index in [1.165, 1.54) is 37.4 Å². The summed E-state index contributed by atoms with van der Waals surface area (Å²) >= 11 is 5.74. The minimum absolute atomic E-state index is 0.0567. The van der Waals surface area contributed by atoms with Crippen LogP contribution >= 0.6 is 11.6 Å². The van der Waals surface area contributed by atoms with E-state index >= 15 is 0 Å². The Labute approximate surface area is 179 Å². The summed E-state index contributed by atoms with van der Waals surface area (Å²) in [6, 6.07) is 6.13. The third-order valence-electron chi connectivity index (χ3n) is 4.53. The molecule has 31 heavy (non-hydrogen) atoms. The number of aliphatic imine (C=N–C) groups is 1. The number of anilines is 1. The fraction of sp³-hybridized carbons (Fsp3) is 0.316. The van der Waals surface area contributed by atoms with Gasteiger partial charge in [0, 0.05) is 17.4 Å². The van der Waals surface area contributed by atoms with Crippen molar-refractivity contribution in [3.63, 3.8) is 0 Å². The molecule has 1 aromatic carbocycles. The first-order valence-corrected chi connectivity index (χ1v) is 9.25. The molecule has 12 heteroatoms. The molecule has 3 rings (SSSR count). The fourth-order valence-corrected chi connectivity index (χ4v) is 3.10. The van der Waals surface area contributed by atoms with Gasteiger partial charge in [-0.25, -0.2) is 14.4 Å². The number of amidine groups is 1. The quantitative estimate of drug-likeness (QED) is 0.664. The van der Waals surface area contributed by atoms with Crippen LogP contribution in [-0.2, 0) is 15.0 Å². The van der Waals surface area contributed by atoms with Gasteiger partial charge < -0.3 is 20.5 Å². The number of aromatic nitrogens is 1. The number of nitrogens with two attached hydrogens (primary N) is 1. The Morgan fingerprint density at radius 2 is 2.13 bits per heavy atom. The first-order chi connectivity index (χ1) is 14.5. The zero-order chi connectivity index (χ0) is 22.8. The van der Waals surface area contributed by atoms with Gasteiger partial charge in [-0.15, -0.1) is 0 Å². The molecule has 1 aliphatic heterocycles. The SMILES string of the molecule is C[C@]1(c2cc(NC(=O)c3ccc(Cl)cn3)ccc2F)N=C(N)OC[C@@H]1OCC(F)(F)F. The second-order valence-electron chi connectivity index (χ2n) is 6.83. The number of halogens is 5. The average molecular weight is 461 g/mol. The van der Waals surface area contributed by atoms with Gasteiger partial charge in [0.05, 0.1) is 5.02 Å². The zero-order valence-corrected chi connectivity index (χ0v) is 16.8. The molecule has 0 saturated carbocycles. The van der Waals surface area contributed by atoms with Crippen molar-refractivity contribution in [2.45, 2.75) is 24.7 Å². The minimum atomic E-state index is -4.60. The molecule has 166 valence electrons. The summed E-state index contributed by atoms with van der Waals surface area (Å²) in [5.41, 5.74) is 4.03. The lowest BCUT2D eigenvalue weighted by molar-refractivity contribution is -0.197. The van der Waals surface area contributed by atoms with E-state index in [0.717, 1.165) is 6.07 Å². The maximum atomic E-state index is 14.7. The van der Waals surface area contributed by atoms with Crippen molar-refractivity contribution in [2.75, 3.05) is 18.5 Å². The van der Waals surface area contributed by atoms with Gasteiger partial charge in [0.25, 0.3) is 11.9 Å². The van der Waals surface area contributed by atoms with E-state index in [1.54, 1.807) is 0 Å². The number of hydrogen-bond donors (Lipinski definition) is 2. The molecular weight excluding hydrogens is 444 g/mol. The number of pyridine rings is 1. The van der Waals surface area contributed by atoms with E-state index in [4.69, 9.17) is 26.8 Å². The van der Waals surface area contributed by atoms with Gasteiger partial charge in [-0.3, -0.25) is 4.79 Å². The third kappa shape index (κ3) is 5.42. The smallest absolute Gasteiger partial charge is 0.411 e. The predicted octanol–water partition coefficient (Wildman–Crippen LogP) is 3.63. The van der Waals surface area contributed by atoms with Crippen LogP contribution in [0.25, 0.3) is 0 Å². The zero-order valence-electron chi connectivity index (χ0n) is 16.0. The van der Waals surface area contributed by atoms with Crippen molar-refractivity contribution in [3.05, 3.63) is 58.6 Å². The molecule has 1 aromatic heterocycles. The Morgan fingerprint density at radius 1 is 1.39 bits per heavy atom. The Morgan fingerprint density at radius 3 is 2.77 bits per heavy atom. The van der Waals surface area contributed by atoms with E-state index in [9.17, 15) is 22.4 Å². The number of benzene rings is 1. The summed E-state index contributed by atoms with van der Waals surface area (Å²) < 4.78 is 62.6. The van der Waals surface area contributed by atoms with Gasteiger partial charge in [-0.2, -0.15) is 13.2 Å². The third-order valence-corrected chi connectivity index (χ3v) is 4.75. The summed E-state index contributed by atoms with van der Waals surface area (Å²) in [6.07, 6.45) is -4.61. The van der Waals surface area contributed by atoms with Crippen molar-refractivity contribution in [1.82, 2.24) is 4.98 Å². The first kappa shape index (κ1) is 22.8. The molecule has 0 saturated heterocycles. The molecule has 0 fully saturated rings. The number of nitrogens with zero attached hydrogens (tertiary/aromatic N) is 2. The normalized spacial score (nSPS) is 21.2. The van der Waals surface area contributed by atoms with Gasteiger partial charge in [-0.05, 0) is 37.3 Å². The highest BCUT2D eigenvalue weighted by Crippen LogP contribution is 2.37. The molecule has 1 amide bonds. The summed E-state index contributed by atoms with van der Waals surface area (Å²) in [7, 11) is 0. The Hall–Kier alpha value is -2.92. The molecular formula is C19H17ClF4N4O3. The topological polar surface area (TPSA) is 98.8 Å². The number of hydrogen-bond acceptors (Lipinski definition) is 6. The molecule has 3 N–H and O–H groups in total. The number of carbonyl (C=O) groups excluding carboxylic acids is 1. The lowest BCUT2D eigenvalue weighted by Crippen LogP contribution is -2.48. The monoisotopic (exact) mass is 460 g/mol. The van der Waals surface area contributed by atoms with Crippen molar-refractivity contribution in [1.29, 1.82) is 0 Å². The molecule has 2 aromatic rings.